The second-order valence-electron chi connectivity index (χ2n) is 4.76. The predicted molar refractivity (Wildman–Crippen MR) is 100.0 cm³/mol. The summed E-state index contributed by atoms with van der Waals surface area (Å²) >= 11 is 6.44. The molecule has 1 aromatic heterocycles. The molecule has 0 spiro atoms. The summed E-state index contributed by atoms with van der Waals surface area (Å²) in [6.45, 7) is 2.61. The number of carbonyl (C=O) groups excluding carboxylic acids is 1. The number of halogens is 1. The lowest BCUT2D eigenvalue weighted by molar-refractivity contribution is 0.102. The van der Waals surface area contributed by atoms with E-state index in [2.05, 4.69) is 20.9 Å². The molecule has 0 radical (unpaired) electrons. The zero-order chi connectivity index (χ0) is 16.2. The van der Waals surface area contributed by atoms with Crippen molar-refractivity contribution in [1.82, 2.24) is 4.98 Å². The fourth-order valence-electron chi connectivity index (χ4n) is 2.05. The third kappa shape index (κ3) is 4.13. The van der Waals surface area contributed by atoms with Gasteiger partial charge in [-0.1, -0.05) is 39.8 Å². The van der Waals surface area contributed by atoms with Crippen molar-refractivity contribution in [3.8, 4) is 5.75 Å². The van der Waals surface area contributed by atoms with Crippen LogP contribution >= 0.6 is 39.0 Å². The molecule has 0 unspecified atom stereocenters. The second-order valence-corrected chi connectivity index (χ2v) is 7.93. The summed E-state index contributed by atoms with van der Waals surface area (Å²) in [5.74, 6) is 1.35. The molecule has 0 aliphatic carbocycles. The van der Waals surface area contributed by atoms with E-state index in [1.165, 1.54) is 11.8 Å². The van der Waals surface area contributed by atoms with Crippen LogP contribution in [0.4, 0.5) is 0 Å². The fraction of sp³-hybridized carbons (Fsp3) is 0.176. The molecule has 0 aliphatic heterocycles. The van der Waals surface area contributed by atoms with Gasteiger partial charge in [-0.3, -0.25) is 4.79 Å². The first-order chi connectivity index (χ1) is 11.2. The first kappa shape index (κ1) is 16.5. The average Bonchev–Trinajstić information content (AvgIpc) is 2.96. The lowest BCUT2D eigenvalue weighted by Crippen LogP contribution is -2.01. The number of Topliss-reactive ketones (excluding diaryl/α,β-unsaturated/α-hetero) is 1. The van der Waals surface area contributed by atoms with Gasteiger partial charge in [-0.2, -0.15) is 0 Å². The molecular formula is C17H14BrNO2S2. The largest absolute Gasteiger partial charge is 0.494 e. The van der Waals surface area contributed by atoms with Crippen molar-refractivity contribution in [2.75, 3.05) is 12.4 Å². The molecule has 0 saturated heterocycles. The zero-order valence-corrected chi connectivity index (χ0v) is 15.6. The molecule has 0 fully saturated rings. The Bertz CT molecular complexity index is 830. The predicted octanol–water partition coefficient (Wildman–Crippen LogP) is 5.43. The number of aromatic nitrogens is 1. The first-order valence-electron chi connectivity index (χ1n) is 7.10. The lowest BCUT2D eigenvalue weighted by atomic mass is 10.2. The molecule has 0 bridgehead atoms. The van der Waals surface area contributed by atoms with Crippen LogP contribution < -0.4 is 4.74 Å². The van der Waals surface area contributed by atoms with E-state index in [-0.39, 0.29) is 5.78 Å². The highest BCUT2D eigenvalue weighted by Crippen LogP contribution is 2.32. The van der Waals surface area contributed by atoms with Gasteiger partial charge in [0.2, 0.25) is 0 Å². The lowest BCUT2D eigenvalue weighted by Gasteiger charge is -2.00. The highest BCUT2D eigenvalue weighted by Gasteiger charge is 2.10. The van der Waals surface area contributed by atoms with Gasteiger partial charge in [0.05, 0.1) is 22.6 Å². The number of rotatable bonds is 6. The average molecular weight is 408 g/mol. The minimum Gasteiger partial charge on any atom is -0.494 e. The summed E-state index contributed by atoms with van der Waals surface area (Å²) in [7, 11) is 0. The maximum atomic E-state index is 12.2. The van der Waals surface area contributed by atoms with Gasteiger partial charge in [-0.05, 0) is 37.3 Å². The number of hydrogen-bond acceptors (Lipinski definition) is 5. The van der Waals surface area contributed by atoms with Crippen molar-refractivity contribution in [3.05, 3.63) is 52.5 Å². The molecule has 0 amide bonds. The van der Waals surface area contributed by atoms with Gasteiger partial charge < -0.3 is 4.74 Å². The molecule has 3 nitrogen and oxygen atoms in total. The number of ketones is 1. The van der Waals surface area contributed by atoms with Gasteiger partial charge >= 0.3 is 0 Å². The summed E-state index contributed by atoms with van der Waals surface area (Å²) in [6, 6.07) is 13.3. The number of ether oxygens (including phenoxy) is 1. The molecule has 6 heteroatoms. The van der Waals surface area contributed by atoms with Gasteiger partial charge in [0.1, 0.15) is 5.75 Å². The smallest absolute Gasteiger partial charge is 0.173 e. The van der Waals surface area contributed by atoms with Crippen molar-refractivity contribution in [1.29, 1.82) is 0 Å². The summed E-state index contributed by atoms with van der Waals surface area (Å²) in [5, 5.41) is 0. The maximum absolute atomic E-state index is 12.2. The Morgan fingerprint density at radius 2 is 2.04 bits per heavy atom. The number of hydrogen-bond donors (Lipinski definition) is 0. The first-order valence-corrected chi connectivity index (χ1v) is 9.70. The van der Waals surface area contributed by atoms with Crippen LogP contribution in [0.1, 0.15) is 17.3 Å². The number of benzene rings is 2. The van der Waals surface area contributed by atoms with Gasteiger partial charge in [0, 0.05) is 10.0 Å². The Morgan fingerprint density at radius 3 is 2.78 bits per heavy atom. The van der Waals surface area contributed by atoms with Gasteiger partial charge in [0.15, 0.2) is 10.1 Å². The third-order valence-corrected chi connectivity index (χ3v) is 5.83. The van der Waals surface area contributed by atoms with E-state index in [4.69, 9.17) is 4.74 Å². The highest BCUT2D eigenvalue weighted by atomic mass is 79.9. The second kappa shape index (κ2) is 7.47. The van der Waals surface area contributed by atoms with Crippen LogP contribution in [0.2, 0.25) is 0 Å². The fourth-order valence-corrected chi connectivity index (χ4v) is 4.30. The molecule has 1 heterocycles. The van der Waals surface area contributed by atoms with E-state index in [1.807, 2.05) is 49.4 Å². The Labute approximate surface area is 151 Å². The SMILES string of the molecule is CCOc1ccc2nc(SCC(=O)c3ccc(Br)cc3)sc2c1. The standard InChI is InChI=1S/C17H14BrNO2S2/c1-2-21-13-7-8-14-16(9-13)23-17(19-14)22-10-15(20)11-3-5-12(18)6-4-11/h3-9H,2,10H2,1H3. The molecule has 0 N–H and O–H groups in total. The molecule has 3 aromatic rings. The van der Waals surface area contributed by atoms with E-state index >= 15 is 0 Å². The zero-order valence-electron chi connectivity index (χ0n) is 12.4. The van der Waals surface area contributed by atoms with Crippen molar-refractivity contribution in [3.63, 3.8) is 0 Å². The van der Waals surface area contributed by atoms with Crippen LogP contribution in [-0.4, -0.2) is 23.1 Å². The number of carbonyl (C=O) groups is 1. The summed E-state index contributed by atoms with van der Waals surface area (Å²) < 4.78 is 8.45. The molecule has 23 heavy (non-hydrogen) atoms. The van der Waals surface area contributed by atoms with E-state index in [0.717, 1.165) is 30.3 Å². The Kier molecular flexibility index (Phi) is 5.35. The summed E-state index contributed by atoms with van der Waals surface area (Å²) in [4.78, 5) is 16.8. The molecule has 3 rings (SSSR count). The molecule has 118 valence electrons. The number of nitrogens with zero attached hydrogens (tertiary/aromatic N) is 1. The Morgan fingerprint density at radius 1 is 1.26 bits per heavy atom. The Balaban J connectivity index is 1.69. The molecule has 2 aromatic carbocycles. The van der Waals surface area contributed by atoms with Crippen LogP contribution in [-0.2, 0) is 0 Å². The van der Waals surface area contributed by atoms with Crippen molar-refractivity contribution in [2.45, 2.75) is 11.3 Å². The van der Waals surface area contributed by atoms with Crippen molar-refractivity contribution in [2.24, 2.45) is 0 Å². The molecule has 0 atom stereocenters. The summed E-state index contributed by atoms with van der Waals surface area (Å²) in [6.07, 6.45) is 0. The normalized spacial score (nSPS) is 10.9. The van der Waals surface area contributed by atoms with E-state index < -0.39 is 0 Å². The summed E-state index contributed by atoms with van der Waals surface area (Å²) in [5.41, 5.74) is 1.66. The number of fused-ring (bicyclic) bond motifs is 1. The van der Waals surface area contributed by atoms with Gasteiger partial charge in [0.25, 0.3) is 0 Å². The third-order valence-electron chi connectivity index (χ3n) is 3.14. The van der Waals surface area contributed by atoms with Crippen LogP contribution in [0, 0.1) is 0 Å². The molecular weight excluding hydrogens is 394 g/mol. The van der Waals surface area contributed by atoms with E-state index in [1.54, 1.807) is 11.3 Å². The Hall–Kier alpha value is -1.37. The van der Waals surface area contributed by atoms with E-state index in [9.17, 15) is 4.79 Å². The topological polar surface area (TPSA) is 39.2 Å². The minimum atomic E-state index is 0.108. The van der Waals surface area contributed by atoms with Crippen molar-refractivity contribution < 1.29 is 9.53 Å². The number of thiazole rings is 1. The molecule has 0 saturated carbocycles. The van der Waals surface area contributed by atoms with Crippen LogP contribution in [0.15, 0.2) is 51.3 Å². The highest BCUT2D eigenvalue weighted by molar-refractivity contribution is 9.10. The quantitative estimate of drug-likeness (QED) is 0.403. The molecule has 0 aliphatic rings. The van der Waals surface area contributed by atoms with E-state index in [0.29, 0.717) is 12.4 Å². The van der Waals surface area contributed by atoms with Crippen LogP contribution in [0.25, 0.3) is 10.2 Å². The minimum absolute atomic E-state index is 0.108. The van der Waals surface area contributed by atoms with Gasteiger partial charge in [-0.25, -0.2) is 4.98 Å². The van der Waals surface area contributed by atoms with Crippen LogP contribution in [0.5, 0.6) is 5.75 Å². The van der Waals surface area contributed by atoms with Crippen LogP contribution in [0.3, 0.4) is 0 Å². The monoisotopic (exact) mass is 407 g/mol. The maximum Gasteiger partial charge on any atom is 0.173 e. The van der Waals surface area contributed by atoms with Gasteiger partial charge in [-0.15, -0.1) is 11.3 Å². The number of thioether (sulfide) groups is 1. The van der Waals surface area contributed by atoms with Crippen molar-refractivity contribution >= 4 is 55.0 Å².